The Bertz CT molecular complexity index is 456. The number of halogens is 1. The number of nitrogens with two attached hydrogens (primary N) is 1. The summed E-state index contributed by atoms with van der Waals surface area (Å²) in [5.41, 5.74) is 6.75. The minimum atomic E-state index is -0.303. The van der Waals surface area contributed by atoms with Crippen LogP contribution < -0.4 is 5.73 Å². The van der Waals surface area contributed by atoms with Crippen LogP contribution in [-0.2, 0) is 11.3 Å². The molecule has 0 aromatic heterocycles. The van der Waals surface area contributed by atoms with Crippen molar-refractivity contribution >= 4 is 11.6 Å². The van der Waals surface area contributed by atoms with Crippen molar-refractivity contribution in [1.29, 1.82) is 0 Å². The van der Waals surface area contributed by atoms with Crippen LogP contribution in [0.4, 0.5) is 10.1 Å². The van der Waals surface area contributed by atoms with Crippen molar-refractivity contribution in [2.45, 2.75) is 25.4 Å². The second-order valence-corrected chi connectivity index (χ2v) is 5.17. The van der Waals surface area contributed by atoms with Crippen LogP contribution in [-0.4, -0.2) is 42.4 Å². The molecule has 1 aromatic carbocycles. The third kappa shape index (κ3) is 2.87. The number of likely N-dealkylation sites (tertiary alicyclic amines) is 1. The molecule has 1 atom stereocenters. The Morgan fingerprint density at radius 1 is 1.53 bits per heavy atom. The minimum absolute atomic E-state index is 0.0763. The SMILES string of the molecule is CN(C)C(=O)C1CCCN1Cc1c(N)cccc1F. The standard InChI is InChI=1S/C14H20FN3O/c1-17(2)14(19)13-7-4-8-18(13)9-10-11(15)5-3-6-12(10)16/h3,5-6,13H,4,7-9,16H2,1-2H3. The Morgan fingerprint density at radius 3 is 2.89 bits per heavy atom. The van der Waals surface area contributed by atoms with Crippen molar-refractivity contribution in [3.8, 4) is 0 Å². The van der Waals surface area contributed by atoms with E-state index >= 15 is 0 Å². The number of rotatable bonds is 3. The van der Waals surface area contributed by atoms with Gasteiger partial charge >= 0.3 is 0 Å². The van der Waals surface area contributed by atoms with Crippen molar-refractivity contribution in [3.05, 3.63) is 29.6 Å². The summed E-state index contributed by atoms with van der Waals surface area (Å²) in [5.74, 6) is -0.227. The van der Waals surface area contributed by atoms with Crippen LogP contribution in [0.3, 0.4) is 0 Å². The molecule has 1 saturated heterocycles. The molecule has 2 rings (SSSR count). The van der Waals surface area contributed by atoms with E-state index in [0.29, 0.717) is 17.8 Å². The smallest absolute Gasteiger partial charge is 0.239 e. The molecule has 1 fully saturated rings. The number of carbonyl (C=O) groups is 1. The summed E-state index contributed by atoms with van der Waals surface area (Å²) in [4.78, 5) is 15.7. The van der Waals surface area contributed by atoms with Gasteiger partial charge in [-0.2, -0.15) is 0 Å². The maximum Gasteiger partial charge on any atom is 0.239 e. The number of nitrogen functional groups attached to an aromatic ring is 1. The second kappa shape index (κ2) is 5.57. The molecule has 0 saturated carbocycles. The average Bonchev–Trinajstić information content (AvgIpc) is 2.81. The maximum atomic E-state index is 13.8. The Labute approximate surface area is 113 Å². The second-order valence-electron chi connectivity index (χ2n) is 5.17. The predicted octanol–water partition coefficient (Wildman–Crippen LogP) is 1.46. The van der Waals surface area contributed by atoms with Gasteiger partial charge in [-0.1, -0.05) is 6.07 Å². The summed E-state index contributed by atoms with van der Waals surface area (Å²) in [6.45, 7) is 1.20. The van der Waals surface area contributed by atoms with Gasteiger partial charge in [0.05, 0.1) is 6.04 Å². The molecular weight excluding hydrogens is 245 g/mol. The van der Waals surface area contributed by atoms with E-state index in [0.717, 1.165) is 19.4 Å². The van der Waals surface area contributed by atoms with Gasteiger partial charge in [-0.25, -0.2) is 4.39 Å². The molecule has 19 heavy (non-hydrogen) atoms. The molecule has 1 amide bonds. The van der Waals surface area contributed by atoms with Crippen molar-refractivity contribution < 1.29 is 9.18 Å². The first-order valence-corrected chi connectivity index (χ1v) is 6.48. The fraction of sp³-hybridized carbons (Fsp3) is 0.500. The Morgan fingerprint density at radius 2 is 2.26 bits per heavy atom. The third-order valence-electron chi connectivity index (χ3n) is 3.61. The molecule has 1 aromatic rings. The lowest BCUT2D eigenvalue weighted by molar-refractivity contribution is -0.133. The maximum absolute atomic E-state index is 13.8. The summed E-state index contributed by atoms with van der Waals surface area (Å²) >= 11 is 0. The minimum Gasteiger partial charge on any atom is -0.398 e. The highest BCUT2D eigenvalue weighted by molar-refractivity contribution is 5.81. The van der Waals surface area contributed by atoms with Crippen LogP contribution in [0, 0.1) is 5.82 Å². The third-order valence-corrected chi connectivity index (χ3v) is 3.61. The van der Waals surface area contributed by atoms with Crippen LogP contribution >= 0.6 is 0 Å². The highest BCUT2D eigenvalue weighted by Gasteiger charge is 2.32. The van der Waals surface area contributed by atoms with E-state index in [4.69, 9.17) is 5.73 Å². The summed E-state index contributed by atoms with van der Waals surface area (Å²) in [6.07, 6.45) is 1.78. The molecule has 1 unspecified atom stereocenters. The van der Waals surface area contributed by atoms with Gasteiger partial charge in [-0.3, -0.25) is 9.69 Å². The molecule has 0 radical (unpaired) electrons. The van der Waals surface area contributed by atoms with Gasteiger partial charge in [0.2, 0.25) is 5.91 Å². The zero-order chi connectivity index (χ0) is 14.0. The van der Waals surface area contributed by atoms with E-state index in [9.17, 15) is 9.18 Å². The van der Waals surface area contributed by atoms with Crippen LogP contribution in [0.5, 0.6) is 0 Å². The van der Waals surface area contributed by atoms with Crippen LogP contribution in [0.15, 0.2) is 18.2 Å². The highest BCUT2D eigenvalue weighted by atomic mass is 19.1. The van der Waals surface area contributed by atoms with Gasteiger partial charge in [0.1, 0.15) is 5.82 Å². The molecule has 5 heteroatoms. The molecule has 4 nitrogen and oxygen atoms in total. The van der Waals surface area contributed by atoms with Crippen molar-refractivity contribution in [3.63, 3.8) is 0 Å². The van der Waals surface area contributed by atoms with E-state index in [1.165, 1.54) is 6.07 Å². The summed E-state index contributed by atoms with van der Waals surface area (Å²) in [5, 5.41) is 0. The van der Waals surface area contributed by atoms with Crippen molar-refractivity contribution in [2.75, 3.05) is 26.4 Å². The van der Waals surface area contributed by atoms with E-state index in [1.807, 2.05) is 4.90 Å². The van der Waals surface area contributed by atoms with Crippen LogP contribution in [0.1, 0.15) is 18.4 Å². The van der Waals surface area contributed by atoms with Gasteiger partial charge in [0.15, 0.2) is 0 Å². The molecule has 0 bridgehead atoms. The fourth-order valence-corrected chi connectivity index (χ4v) is 2.54. The summed E-state index contributed by atoms with van der Waals surface area (Å²) in [7, 11) is 3.49. The zero-order valence-electron chi connectivity index (χ0n) is 11.4. The van der Waals surface area contributed by atoms with Crippen LogP contribution in [0.25, 0.3) is 0 Å². The largest absolute Gasteiger partial charge is 0.398 e. The number of anilines is 1. The van der Waals surface area contributed by atoms with Gasteiger partial charge in [-0.15, -0.1) is 0 Å². The molecule has 1 aliphatic heterocycles. The van der Waals surface area contributed by atoms with Gasteiger partial charge < -0.3 is 10.6 Å². The lowest BCUT2D eigenvalue weighted by Gasteiger charge is -2.26. The first-order valence-electron chi connectivity index (χ1n) is 6.48. The summed E-state index contributed by atoms with van der Waals surface area (Å²) in [6, 6.07) is 4.54. The highest BCUT2D eigenvalue weighted by Crippen LogP contribution is 2.25. The van der Waals surface area contributed by atoms with Crippen molar-refractivity contribution in [2.24, 2.45) is 0 Å². The Kier molecular flexibility index (Phi) is 4.04. The monoisotopic (exact) mass is 265 g/mol. The normalized spacial score (nSPS) is 19.6. The van der Waals surface area contributed by atoms with E-state index in [-0.39, 0.29) is 17.8 Å². The number of likely N-dealkylation sites (N-methyl/N-ethyl adjacent to an activating group) is 1. The van der Waals surface area contributed by atoms with E-state index in [1.54, 1.807) is 31.1 Å². The molecule has 0 spiro atoms. The molecule has 1 heterocycles. The molecule has 104 valence electrons. The van der Waals surface area contributed by atoms with Crippen molar-refractivity contribution in [1.82, 2.24) is 9.80 Å². The Hall–Kier alpha value is -1.62. The van der Waals surface area contributed by atoms with E-state index < -0.39 is 0 Å². The van der Waals surface area contributed by atoms with Crippen LogP contribution in [0.2, 0.25) is 0 Å². The number of benzene rings is 1. The predicted molar refractivity (Wildman–Crippen MR) is 72.9 cm³/mol. The number of hydrogen-bond donors (Lipinski definition) is 1. The van der Waals surface area contributed by atoms with Gasteiger partial charge in [0.25, 0.3) is 0 Å². The van der Waals surface area contributed by atoms with Gasteiger partial charge in [-0.05, 0) is 31.5 Å². The average molecular weight is 265 g/mol. The summed E-state index contributed by atoms with van der Waals surface area (Å²) < 4.78 is 13.8. The molecule has 0 aliphatic carbocycles. The first-order chi connectivity index (χ1) is 9.00. The lowest BCUT2D eigenvalue weighted by Crippen LogP contribution is -2.42. The molecular formula is C14H20FN3O. The zero-order valence-corrected chi connectivity index (χ0v) is 11.4. The fourth-order valence-electron chi connectivity index (χ4n) is 2.54. The number of hydrogen-bond acceptors (Lipinski definition) is 3. The first kappa shape index (κ1) is 13.8. The Balaban J connectivity index is 2.16. The lowest BCUT2D eigenvalue weighted by atomic mass is 10.1. The molecule has 1 aliphatic rings. The number of nitrogens with zero attached hydrogens (tertiary/aromatic N) is 2. The van der Waals surface area contributed by atoms with Gasteiger partial charge in [0, 0.05) is 31.9 Å². The van der Waals surface area contributed by atoms with E-state index in [2.05, 4.69) is 0 Å². The quantitative estimate of drug-likeness (QED) is 0.842. The topological polar surface area (TPSA) is 49.6 Å². The number of amides is 1. The molecule has 2 N–H and O–H groups in total. The number of carbonyl (C=O) groups excluding carboxylic acids is 1.